The molecule has 0 bridgehead atoms. The number of nitrogens with one attached hydrogen (secondary N) is 5. The molecule has 3 aliphatic heterocycles. The van der Waals surface area contributed by atoms with Crippen LogP contribution in [0, 0.1) is 35.3 Å². The van der Waals surface area contributed by atoms with Gasteiger partial charge in [-0.3, -0.25) is 28.8 Å². The van der Waals surface area contributed by atoms with E-state index in [1.807, 2.05) is 38.1 Å². The highest BCUT2D eigenvalue weighted by Gasteiger charge is 2.47. The average Bonchev–Trinajstić information content (AvgIpc) is 0.760. The van der Waals surface area contributed by atoms with E-state index in [0.29, 0.717) is 54.5 Å². The molecule has 0 aromatic heterocycles. The van der Waals surface area contributed by atoms with Crippen molar-refractivity contribution in [2.24, 2.45) is 23.7 Å². The largest absolute Gasteiger partial charge is 0.463 e. The van der Waals surface area contributed by atoms with Gasteiger partial charge in [-0.2, -0.15) is 0 Å². The monoisotopic (exact) mass is 1450 g/mol. The molecule has 22 heteroatoms. The summed E-state index contributed by atoms with van der Waals surface area (Å²) in [4.78, 5) is 68.4. The molecule has 0 saturated carbocycles. The third-order valence-electron chi connectivity index (χ3n) is 15.7. The second kappa shape index (κ2) is 33.2. The van der Waals surface area contributed by atoms with Crippen LogP contribution in [-0.4, -0.2) is 138 Å². The number of carbonyl (C=O) groups is 6. The van der Waals surface area contributed by atoms with Gasteiger partial charge in [0, 0.05) is 175 Å². The summed E-state index contributed by atoms with van der Waals surface area (Å²) in [5.74, 6) is -0.362. The molecule has 0 aliphatic carbocycles. The van der Waals surface area contributed by atoms with Crippen molar-refractivity contribution in [1.82, 2.24) is 26.6 Å². The first kappa shape index (κ1) is 31.7. The van der Waals surface area contributed by atoms with E-state index in [-0.39, 0.29) is 72.9 Å². The van der Waals surface area contributed by atoms with Crippen LogP contribution < -0.4 is 36.1 Å². The zero-order valence-electron chi connectivity index (χ0n) is 131. The third-order valence-corrected chi connectivity index (χ3v) is 15.7. The predicted molar refractivity (Wildman–Crippen MR) is 403 cm³/mol. The Morgan fingerprint density at radius 2 is 0.919 bits per heavy atom. The molecule has 0 spiro atoms. The summed E-state index contributed by atoms with van der Waals surface area (Å²) in [5, 5.41) is 44.0. The first-order valence-electron chi connectivity index (χ1n) is 69.3. The minimum Gasteiger partial charge on any atom is -0.463 e. The van der Waals surface area contributed by atoms with Gasteiger partial charge < -0.3 is 70.3 Å². The lowest BCUT2D eigenvalue weighted by molar-refractivity contribution is -0.244. The molecule has 4 aromatic carbocycles. The smallest absolute Gasteiger partial charge is 0.305 e. The number of aliphatic hydroxyl groups excluding tert-OH is 3. The number of esters is 1. The maximum absolute atomic E-state index is 14.0. The van der Waals surface area contributed by atoms with Crippen molar-refractivity contribution in [3.05, 3.63) is 108 Å². The molecule has 15 atom stereocenters. The van der Waals surface area contributed by atoms with Crippen LogP contribution in [-0.2, 0) is 60.6 Å². The average molecular weight is 1450 g/mol. The van der Waals surface area contributed by atoms with E-state index in [1.54, 1.807) is 36.4 Å². The molecule has 4 aromatic rings. The lowest BCUT2D eigenvalue weighted by Crippen LogP contribution is -2.65. The zero-order chi connectivity index (χ0) is 144. The van der Waals surface area contributed by atoms with Gasteiger partial charge in [0.2, 0.25) is 48.4 Å². The standard InChI is InChI=1S/C27H35FN2O4.C24H29FN2O7.C13H23NO4.41H2/c1-6-25-16(2)17(3)26(30-19(5)32)27(34-25)33-23-11-10-20(12-13-29-18(4)31)24(15-23)21-8-7-9-22(28)14-21;1-13(29)26-9-8-15-6-7-18(11-19(15)16-4-3-5-17(25)10-16)33-24-21(27-14(2)30)23(32)22(31)20(12-28)34-24;1-6-11-7(2)8(3)12(14-9(4)15)13(18-11)17-10(5)16;;;;;;;;;;;;;;;;;;;;;;;;;;;;;;;;;;;;;;;;;/h7-11,14-17,25-27H,6,12-13H2,1-5H3,(H,29,31)(H,30,32);3-7,10-11,20-24,28,31-32H,8-9,12H2,1-2H3,(H,26,29)(H,27,30);7-8,11-13H,6H2,1-5H3,(H,14,15);41*1H/t16-,17-,25+,26+,27?;20-,21-,22-,23-,24?;7-,8-,11+,12+,13+;;;;;;;;;;;;;;;;;;;;;;;;;;;;;;;;;;;;;;;;;/m010........................................./s1/i;;;40*1+2T;1+2. The normalized spacial score (nSPS) is 30.5. The van der Waals surface area contributed by atoms with E-state index in [9.17, 15) is 52.9 Å². The Kier molecular flexibility index (Phi) is 12.2. The summed E-state index contributed by atoms with van der Waals surface area (Å²) in [6.07, 6.45) is -3.71. The highest BCUT2D eigenvalue weighted by Crippen LogP contribution is 2.37. The van der Waals surface area contributed by atoms with Crippen LogP contribution in [0.2, 0.25) is 0 Å². The summed E-state index contributed by atoms with van der Waals surface area (Å²) in [6, 6.07) is 21.5. The molecule has 7 rings (SSSR count). The molecule has 20 nitrogen and oxygen atoms in total. The first-order valence-corrected chi connectivity index (χ1v) is 29.3. The SMILES string of the molecule is CC(=O)NCCc1ccc(OC2O[C@H](CO)[C@@H](O)[C@H](O)[C@H]2NC(C)=O)cc1-c1cccc(F)c1.CC[C@H]1OC(Oc2ccc(CCNC(C)=O)c(-c3cccc(F)c3)c2)[C@H](NC(C)=O)[C@@H](C)[C@@H]1C.CC[C@H]1O[C@@H](OC(C)=O)[C@H](NC(C)=O)[C@@H](C)[C@@H]1C.[3HH].[3H][3H].[3H][3H].[3H][3H].[3H][3H].[3H][3H].[3H][3H].[3H][3H].[3H][3H].[3H][3H].[3H][3H].[3H][3H].[3H][3H].[3H][3H].[3H][3H].[3H][3H].[3H][3H].[3H][3H].[3H][3H].[3H][3H].[3H][3H].[3H][3H].[3H][3H].[3H][3H].[3H][3H].[3H][3H].[3H][3H].[3H][3H].[3H][3H].[3H][3H].[3H][3H].[3H][3H].[3H][3H].[3H][3H].[3H][3H].[3H][3H].[3H][3H].[3H][3H].[3H][3H].[3H][3H].[3H][3H]. The highest BCUT2D eigenvalue weighted by molar-refractivity contribution is 5.76. The summed E-state index contributed by atoms with van der Waals surface area (Å²) < 4.78 is 463. The molecular formula is C64H169F2N5O15. The van der Waals surface area contributed by atoms with Gasteiger partial charge in [0.15, 0.2) is 0 Å². The Balaban J connectivity index is -0.0000000336. The minimum absolute atomic E-state index is 0. The van der Waals surface area contributed by atoms with Crippen molar-refractivity contribution in [2.75, 3.05) is 19.7 Å². The number of halogens is 2. The summed E-state index contributed by atoms with van der Waals surface area (Å²) >= 11 is 0. The van der Waals surface area contributed by atoms with Crippen molar-refractivity contribution in [2.45, 2.75) is 176 Å². The molecule has 3 aliphatic rings. The van der Waals surface area contributed by atoms with Crippen LogP contribution in [0.3, 0.4) is 0 Å². The summed E-state index contributed by atoms with van der Waals surface area (Å²) in [7, 11) is 0. The predicted octanol–water partition coefficient (Wildman–Crippen LogP) is 16.5. The summed E-state index contributed by atoms with van der Waals surface area (Å²) in [5.41, 5.74) is 4.59. The van der Waals surface area contributed by atoms with Gasteiger partial charge in [0.05, 0.1) is 30.9 Å². The molecule has 2 unspecified atom stereocenters. The van der Waals surface area contributed by atoms with Crippen molar-refractivity contribution < 1.29 is 201 Å². The van der Waals surface area contributed by atoms with Gasteiger partial charge in [-0.15, -0.1) is 0 Å². The van der Waals surface area contributed by atoms with E-state index in [2.05, 4.69) is 54.3 Å². The molecule has 0 radical (unpaired) electrons. The lowest BCUT2D eigenvalue weighted by Gasteiger charge is -2.44. The van der Waals surface area contributed by atoms with E-state index in [4.69, 9.17) is 147 Å². The highest BCUT2D eigenvalue weighted by atomic mass is 19.1. The molecule has 3 fully saturated rings. The van der Waals surface area contributed by atoms with E-state index in [0.717, 1.165) is 35.1 Å². The van der Waals surface area contributed by atoms with Crippen molar-refractivity contribution in [3.8, 4) is 33.8 Å². The molecular weight excluding hydrogens is 1120 g/mol. The van der Waals surface area contributed by atoms with E-state index >= 15 is 0 Å². The first-order chi connectivity index (χ1) is 80.7. The fraction of sp³-hybridized carbons (Fsp3) is 0.531. The summed E-state index contributed by atoms with van der Waals surface area (Å²) in [6.45, 7) is 21.2. The van der Waals surface area contributed by atoms with E-state index in [1.165, 1.54) is 65.8 Å². The van der Waals surface area contributed by atoms with Crippen LogP contribution >= 0.6 is 0 Å². The number of carbonyl (C=O) groups excluding carboxylic acids is 6. The second-order valence-corrected chi connectivity index (χ2v) is 22.2. The van der Waals surface area contributed by atoms with Crippen LogP contribution in [0.1, 0.15) is 227 Å². The van der Waals surface area contributed by atoms with Gasteiger partial charge in [-0.1, -0.05) is 77.9 Å². The third kappa shape index (κ3) is 20.0. The number of rotatable bonds is 19. The number of hydrogen-bond acceptors (Lipinski definition) is 15. The maximum atomic E-state index is 14.0. The maximum Gasteiger partial charge on any atom is 0.305 e. The topological polar surface area (TPSA) is 279 Å². The minimum atomic E-state index is -1.44. The van der Waals surface area contributed by atoms with Gasteiger partial charge in [0.1, 0.15) is 47.5 Å². The molecule has 86 heavy (non-hydrogen) atoms. The van der Waals surface area contributed by atoms with Crippen molar-refractivity contribution in [1.29, 1.82) is 0 Å². The van der Waals surface area contributed by atoms with Crippen LogP contribution in [0.4, 0.5) is 8.78 Å². The quantitative estimate of drug-likeness (QED) is 0.0405. The Bertz CT molecular complexity index is 2920. The molecule has 3 saturated heterocycles. The molecule has 554 valence electrons. The second-order valence-electron chi connectivity index (χ2n) is 22.2. The number of ether oxygens (including phenoxy) is 6. The zero-order valence-corrected chi connectivity index (χ0v) is 51.2. The van der Waals surface area contributed by atoms with Crippen LogP contribution in [0.15, 0.2) is 84.9 Å². The van der Waals surface area contributed by atoms with E-state index < -0.39 is 67.5 Å². The number of amides is 5. The fourth-order valence-corrected chi connectivity index (χ4v) is 10.9. The van der Waals surface area contributed by atoms with Gasteiger partial charge in [0.25, 0.3) is 0 Å². The molecule has 8 N–H and O–H groups in total. The Hall–Kier alpha value is -7.08. The van der Waals surface area contributed by atoms with Crippen LogP contribution in [0.25, 0.3) is 22.3 Å². The Labute approximate surface area is 627 Å². The number of hydrogen-bond donors (Lipinski definition) is 8. The van der Waals surface area contributed by atoms with Crippen molar-refractivity contribution in [3.63, 3.8) is 0 Å². The van der Waals surface area contributed by atoms with Gasteiger partial charge >= 0.3 is 5.97 Å². The Morgan fingerprint density at radius 3 is 1.30 bits per heavy atom. The molecule has 5 amide bonds. The number of benzene rings is 4. The Morgan fingerprint density at radius 1 is 0.523 bits per heavy atom. The fourth-order valence-electron chi connectivity index (χ4n) is 10.9. The molecule has 3 heterocycles. The van der Waals surface area contributed by atoms with Gasteiger partial charge in [-0.25, -0.2) is 8.78 Å². The van der Waals surface area contributed by atoms with Gasteiger partial charge in [-0.05, 0) is 131 Å². The van der Waals surface area contributed by atoms with Crippen molar-refractivity contribution >= 4 is 35.5 Å². The number of aliphatic hydroxyl groups is 3. The lowest BCUT2D eigenvalue weighted by atomic mass is 9.81. The van der Waals surface area contributed by atoms with Crippen LogP contribution in [0.5, 0.6) is 11.5 Å².